The number of nitrogens with one attached hydrogen (secondary N) is 1. The Hall–Kier alpha value is -3.77. The summed E-state index contributed by atoms with van der Waals surface area (Å²) >= 11 is 6.32. The Morgan fingerprint density at radius 2 is 1.69 bits per heavy atom. The molecule has 1 heterocycles. The number of hydrogen-bond acceptors (Lipinski definition) is 5. The molecule has 2 amide bonds. The number of para-hydroxylation sites is 2. The Bertz CT molecular complexity index is 1220. The Morgan fingerprint density at radius 3 is 2.44 bits per heavy atom. The lowest BCUT2D eigenvalue weighted by atomic mass is 10.0. The van der Waals surface area contributed by atoms with E-state index in [0.717, 1.165) is 4.90 Å². The van der Waals surface area contributed by atoms with Gasteiger partial charge in [0.1, 0.15) is 17.2 Å². The molecule has 0 saturated carbocycles. The van der Waals surface area contributed by atoms with E-state index < -0.39 is 11.8 Å². The summed E-state index contributed by atoms with van der Waals surface area (Å²) in [5, 5.41) is 3.43. The lowest BCUT2D eigenvalue weighted by molar-refractivity contribution is -0.120. The lowest BCUT2D eigenvalue weighted by Gasteiger charge is -2.17. The minimum Gasteiger partial charge on any atom is -0.496 e. The van der Waals surface area contributed by atoms with Gasteiger partial charge in [-0.1, -0.05) is 48.0 Å². The van der Waals surface area contributed by atoms with E-state index in [1.54, 1.807) is 60.7 Å². The Balaban J connectivity index is 1.85. The number of halogens is 1. The molecule has 0 aromatic heterocycles. The molecule has 7 heteroatoms. The monoisotopic (exact) mass is 448 g/mol. The van der Waals surface area contributed by atoms with Crippen molar-refractivity contribution in [1.29, 1.82) is 0 Å². The standard InChI is InChI=1S/C25H21ClN2O4/c1-3-32-17-10-8-9-16(15-17)27-23-22(18-11-4-7-14-21(18)31-2)24(29)28(25(23)30)20-13-6-5-12-19(20)26/h4-15,27H,3H2,1-2H3. The second-order valence-electron chi connectivity index (χ2n) is 6.93. The first-order chi connectivity index (χ1) is 15.5. The molecule has 0 aliphatic carbocycles. The number of nitrogens with zero attached hydrogens (tertiary/aromatic N) is 1. The minimum absolute atomic E-state index is 0.132. The number of carbonyl (C=O) groups is 2. The van der Waals surface area contributed by atoms with Gasteiger partial charge >= 0.3 is 0 Å². The van der Waals surface area contributed by atoms with Crippen molar-refractivity contribution in [3.05, 3.63) is 89.1 Å². The van der Waals surface area contributed by atoms with Crippen LogP contribution in [0.2, 0.25) is 5.02 Å². The van der Waals surface area contributed by atoms with Gasteiger partial charge in [-0.25, -0.2) is 4.90 Å². The summed E-state index contributed by atoms with van der Waals surface area (Å²) in [4.78, 5) is 28.2. The van der Waals surface area contributed by atoms with Crippen LogP contribution in [0.3, 0.4) is 0 Å². The molecule has 1 N–H and O–H groups in total. The summed E-state index contributed by atoms with van der Waals surface area (Å²) in [6.07, 6.45) is 0. The molecule has 1 aliphatic rings. The molecule has 32 heavy (non-hydrogen) atoms. The van der Waals surface area contributed by atoms with Gasteiger partial charge in [-0.3, -0.25) is 9.59 Å². The molecule has 0 spiro atoms. The Morgan fingerprint density at radius 1 is 0.938 bits per heavy atom. The number of benzene rings is 3. The molecule has 0 unspecified atom stereocenters. The molecular formula is C25H21ClN2O4. The quantitative estimate of drug-likeness (QED) is 0.506. The van der Waals surface area contributed by atoms with E-state index in [2.05, 4.69) is 5.32 Å². The van der Waals surface area contributed by atoms with Crippen LogP contribution in [0.1, 0.15) is 12.5 Å². The van der Waals surface area contributed by atoms with Crippen LogP contribution < -0.4 is 19.7 Å². The fourth-order valence-electron chi connectivity index (χ4n) is 3.57. The van der Waals surface area contributed by atoms with E-state index in [1.807, 2.05) is 19.1 Å². The second-order valence-corrected chi connectivity index (χ2v) is 7.34. The first kappa shape index (κ1) is 21.5. The molecule has 0 bridgehead atoms. The average Bonchev–Trinajstić information content (AvgIpc) is 3.04. The van der Waals surface area contributed by atoms with Gasteiger partial charge in [0, 0.05) is 17.3 Å². The highest BCUT2D eigenvalue weighted by Gasteiger charge is 2.42. The zero-order valence-electron chi connectivity index (χ0n) is 17.6. The number of hydrogen-bond donors (Lipinski definition) is 1. The van der Waals surface area contributed by atoms with Crippen LogP contribution >= 0.6 is 11.6 Å². The maximum atomic E-state index is 13.6. The molecule has 4 rings (SSSR count). The summed E-state index contributed by atoms with van der Waals surface area (Å²) in [5.41, 5.74) is 1.77. The van der Waals surface area contributed by atoms with Crippen LogP contribution in [0.4, 0.5) is 11.4 Å². The van der Waals surface area contributed by atoms with E-state index in [1.165, 1.54) is 7.11 Å². The van der Waals surface area contributed by atoms with Gasteiger partial charge in [0.25, 0.3) is 11.8 Å². The van der Waals surface area contributed by atoms with Crippen molar-refractivity contribution in [2.45, 2.75) is 6.92 Å². The largest absolute Gasteiger partial charge is 0.496 e. The third-order valence-corrected chi connectivity index (χ3v) is 5.29. The Kier molecular flexibility index (Phi) is 6.14. The highest BCUT2D eigenvalue weighted by atomic mass is 35.5. The van der Waals surface area contributed by atoms with Crippen molar-refractivity contribution in [1.82, 2.24) is 0 Å². The van der Waals surface area contributed by atoms with Crippen molar-refractivity contribution < 1.29 is 19.1 Å². The van der Waals surface area contributed by atoms with Crippen LogP contribution in [0.15, 0.2) is 78.5 Å². The highest BCUT2D eigenvalue weighted by molar-refractivity contribution is 6.48. The summed E-state index contributed by atoms with van der Waals surface area (Å²) in [5.74, 6) is 0.130. The van der Waals surface area contributed by atoms with Crippen molar-refractivity contribution >= 4 is 40.4 Å². The maximum absolute atomic E-state index is 13.6. The molecule has 3 aromatic rings. The van der Waals surface area contributed by atoms with E-state index in [0.29, 0.717) is 40.1 Å². The fourth-order valence-corrected chi connectivity index (χ4v) is 3.79. The minimum atomic E-state index is -0.509. The number of methoxy groups -OCH3 is 1. The molecule has 0 fully saturated rings. The summed E-state index contributed by atoms with van der Waals surface area (Å²) in [6.45, 7) is 2.40. The topological polar surface area (TPSA) is 67.9 Å². The van der Waals surface area contributed by atoms with E-state index >= 15 is 0 Å². The predicted octanol–water partition coefficient (Wildman–Crippen LogP) is 5.14. The SMILES string of the molecule is CCOc1cccc(NC2=C(c3ccccc3OC)C(=O)N(c3ccccc3Cl)C2=O)c1. The summed E-state index contributed by atoms with van der Waals surface area (Å²) in [7, 11) is 1.52. The number of amides is 2. The number of imide groups is 1. The fraction of sp³-hybridized carbons (Fsp3) is 0.120. The zero-order chi connectivity index (χ0) is 22.7. The number of anilines is 2. The summed E-state index contributed by atoms with van der Waals surface area (Å²) in [6, 6.07) is 21.0. The molecular weight excluding hydrogens is 428 g/mol. The molecule has 1 aliphatic heterocycles. The van der Waals surface area contributed by atoms with Crippen molar-refractivity contribution in [3.63, 3.8) is 0 Å². The normalized spacial score (nSPS) is 13.5. The first-order valence-corrected chi connectivity index (χ1v) is 10.4. The van der Waals surface area contributed by atoms with Crippen molar-refractivity contribution in [2.75, 3.05) is 23.9 Å². The first-order valence-electron chi connectivity index (χ1n) is 10.1. The number of ether oxygens (including phenoxy) is 2. The van der Waals surface area contributed by atoms with Crippen LogP contribution in [0, 0.1) is 0 Å². The summed E-state index contributed by atoms with van der Waals surface area (Å²) < 4.78 is 11.0. The van der Waals surface area contributed by atoms with Gasteiger partial charge < -0.3 is 14.8 Å². The van der Waals surface area contributed by atoms with Gasteiger partial charge in [-0.2, -0.15) is 0 Å². The number of carbonyl (C=O) groups excluding carboxylic acids is 2. The van der Waals surface area contributed by atoms with Crippen LogP contribution in [-0.2, 0) is 9.59 Å². The highest BCUT2D eigenvalue weighted by Crippen LogP contribution is 2.39. The van der Waals surface area contributed by atoms with Crippen LogP contribution in [0.25, 0.3) is 5.57 Å². The maximum Gasteiger partial charge on any atom is 0.282 e. The third-order valence-electron chi connectivity index (χ3n) is 4.97. The van der Waals surface area contributed by atoms with Crippen LogP contribution in [-0.4, -0.2) is 25.5 Å². The molecule has 3 aromatic carbocycles. The van der Waals surface area contributed by atoms with Gasteiger partial charge in [0.2, 0.25) is 0 Å². The van der Waals surface area contributed by atoms with E-state index in [9.17, 15) is 9.59 Å². The average molecular weight is 449 g/mol. The van der Waals surface area contributed by atoms with Gasteiger partial charge in [-0.15, -0.1) is 0 Å². The van der Waals surface area contributed by atoms with Crippen molar-refractivity contribution in [2.24, 2.45) is 0 Å². The molecule has 0 saturated heterocycles. The second kappa shape index (κ2) is 9.16. The lowest BCUT2D eigenvalue weighted by Crippen LogP contribution is -2.32. The predicted molar refractivity (Wildman–Crippen MR) is 125 cm³/mol. The molecule has 162 valence electrons. The molecule has 0 radical (unpaired) electrons. The Labute approximate surface area is 191 Å². The van der Waals surface area contributed by atoms with Crippen molar-refractivity contribution in [3.8, 4) is 11.5 Å². The van der Waals surface area contributed by atoms with Crippen LogP contribution in [0.5, 0.6) is 11.5 Å². The zero-order valence-corrected chi connectivity index (χ0v) is 18.3. The van der Waals surface area contributed by atoms with Gasteiger partial charge in [0.05, 0.1) is 30.0 Å². The molecule has 6 nitrogen and oxygen atoms in total. The third kappa shape index (κ3) is 3.92. The van der Waals surface area contributed by atoms with E-state index in [4.69, 9.17) is 21.1 Å². The number of rotatable bonds is 7. The smallest absolute Gasteiger partial charge is 0.282 e. The van der Waals surface area contributed by atoms with E-state index in [-0.39, 0.29) is 11.3 Å². The van der Waals surface area contributed by atoms with Gasteiger partial charge in [-0.05, 0) is 37.3 Å². The van der Waals surface area contributed by atoms with Gasteiger partial charge in [0.15, 0.2) is 0 Å². The molecule has 0 atom stereocenters.